The SMILES string of the molecule is O=C(c1cc[nH]c(=O)c1)N1CCN(C/C=C/c2ccccc2)CC1. The first-order valence-corrected chi connectivity index (χ1v) is 8.14. The molecule has 0 aliphatic carbocycles. The Hall–Kier alpha value is -2.66. The number of carbonyl (C=O) groups is 1. The minimum atomic E-state index is -0.245. The van der Waals surface area contributed by atoms with Gasteiger partial charge in [0.15, 0.2) is 0 Å². The number of carbonyl (C=O) groups excluding carboxylic acids is 1. The molecule has 1 saturated heterocycles. The average Bonchev–Trinajstić information content (AvgIpc) is 2.63. The van der Waals surface area contributed by atoms with Gasteiger partial charge in [-0.3, -0.25) is 14.5 Å². The van der Waals surface area contributed by atoms with E-state index in [2.05, 4.69) is 34.2 Å². The molecule has 1 aromatic heterocycles. The van der Waals surface area contributed by atoms with Crippen LogP contribution in [-0.2, 0) is 0 Å². The molecule has 5 heteroatoms. The molecule has 24 heavy (non-hydrogen) atoms. The van der Waals surface area contributed by atoms with Crippen molar-refractivity contribution in [2.45, 2.75) is 0 Å². The monoisotopic (exact) mass is 323 g/mol. The molecule has 1 N–H and O–H groups in total. The minimum absolute atomic E-state index is 0.0689. The Kier molecular flexibility index (Phi) is 5.23. The number of H-pyrrole nitrogens is 1. The molecule has 2 heterocycles. The Balaban J connectivity index is 1.50. The molecule has 1 aliphatic heterocycles. The second-order valence-corrected chi connectivity index (χ2v) is 5.85. The summed E-state index contributed by atoms with van der Waals surface area (Å²) in [5.41, 5.74) is 1.40. The van der Waals surface area contributed by atoms with Crippen molar-refractivity contribution in [2.75, 3.05) is 32.7 Å². The van der Waals surface area contributed by atoms with E-state index < -0.39 is 0 Å². The van der Waals surface area contributed by atoms with Gasteiger partial charge in [-0.15, -0.1) is 0 Å². The van der Waals surface area contributed by atoms with E-state index in [9.17, 15) is 9.59 Å². The lowest BCUT2D eigenvalue weighted by atomic mass is 10.2. The number of pyridine rings is 1. The highest BCUT2D eigenvalue weighted by atomic mass is 16.2. The molecular weight excluding hydrogens is 302 g/mol. The van der Waals surface area contributed by atoms with Crippen LogP contribution in [0.5, 0.6) is 0 Å². The number of benzene rings is 1. The Morgan fingerprint density at radius 2 is 1.83 bits per heavy atom. The van der Waals surface area contributed by atoms with Gasteiger partial charge in [-0.2, -0.15) is 0 Å². The van der Waals surface area contributed by atoms with Gasteiger partial charge in [0.25, 0.3) is 5.91 Å². The first kappa shape index (κ1) is 16.2. The second-order valence-electron chi connectivity index (χ2n) is 5.85. The fourth-order valence-electron chi connectivity index (χ4n) is 2.80. The van der Waals surface area contributed by atoms with Crippen LogP contribution in [0.15, 0.2) is 59.5 Å². The minimum Gasteiger partial charge on any atom is -0.336 e. The summed E-state index contributed by atoms with van der Waals surface area (Å²) in [5, 5.41) is 0. The molecule has 2 aromatic rings. The zero-order valence-corrected chi connectivity index (χ0v) is 13.5. The van der Waals surface area contributed by atoms with Crippen molar-refractivity contribution in [1.29, 1.82) is 0 Å². The van der Waals surface area contributed by atoms with Crippen molar-refractivity contribution in [2.24, 2.45) is 0 Å². The van der Waals surface area contributed by atoms with Crippen LogP contribution >= 0.6 is 0 Å². The predicted octanol–water partition coefficient (Wildman–Crippen LogP) is 1.85. The highest BCUT2D eigenvalue weighted by molar-refractivity contribution is 5.94. The van der Waals surface area contributed by atoms with Gasteiger partial charge in [-0.05, 0) is 11.6 Å². The number of nitrogens with one attached hydrogen (secondary N) is 1. The van der Waals surface area contributed by atoms with Gasteiger partial charge in [0.1, 0.15) is 0 Å². The summed E-state index contributed by atoms with van der Waals surface area (Å²) in [4.78, 5) is 30.4. The maximum absolute atomic E-state index is 12.4. The van der Waals surface area contributed by atoms with Crippen molar-refractivity contribution in [3.63, 3.8) is 0 Å². The van der Waals surface area contributed by atoms with E-state index in [0.29, 0.717) is 18.7 Å². The fraction of sp³-hybridized carbons (Fsp3) is 0.263. The summed E-state index contributed by atoms with van der Waals surface area (Å²) in [7, 11) is 0. The molecule has 0 spiro atoms. The van der Waals surface area contributed by atoms with E-state index in [1.165, 1.54) is 17.8 Å². The van der Waals surface area contributed by atoms with Gasteiger partial charge in [-0.25, -0.2) is 0 Å². The third kappa shape index (κ3) is 4.20. The Labute approximate surface area is 141 Å². The highest BCUT2D eigenvalue weighted by Gasteiger charge is 2.21. The smallest absolute Gasteiger partial charge is 0.254 e. The first-order chi connectivity index (χ1) is 11.7. The number of aromatic nitrogens is 1. The van der Waals surface area contributed by atoms with E-state index in [-0.39, 0.29) is 11.5 Å². The average molecular weight is 323 g/mol. The molecule has 3 rings (SSSR count). The molecule has 1 aliphatic rings. The van der Waals surface area contributed by atoms with Crippen LogP contribution < -0.4 is 5.56 Å². The lowest BCUT2D eigenvalue weighted by molar-refractivity contribution is 0.0650. The molecule has 0 atom stereocenters. The largest absolute Gasteiger partial charge is 0.336 e. The second kappa shape index (κ2) is 7.75. The first-order valence-electron chi connectivity index (χ1n) is 8.14. The number of amides is 1. The number of rotatable bonds is 4. The fourth-order valence-corrected chi connectivity index (χ4v) is 2.80. The summed E-state index contributed by atoms with van der Waals surface area (Å²) in [6.07, 6.45) is 5.79. The highest BCUT2D eigenvalue weighted by Crippen LogP contribution is 2.08. The van der Waals surface area contributed by atoms with Crippen molar-refractivity contribution >= 4 is 12.0 Å². The Morgan fingerprint density at radius 3 is 2.54 bits per heavy atom. The van der Waals surface area contributed by atoms with Crippen LogP contribution in [-0.4, -0.2) is 53.4 Å². The number of piperazine rings is 1. The molecule has 0 saturated carbocycles. The third-order valence-electron chi connectivity index (χ3n) is 4.16. The van der Waals surface area contributed by atoms with E-state index in [0.717, 1.165) is 19.6 Å². The van der Waals surface area contributed by atoms with E-state index in [1.54, 1.807) is 6.07 Å². The van der Waals surface area contributed by atoms with Gasteiger partial charge in [-0.1, -0.05) is 42.5 Å². The van der Waals surface area contributed by atoms with Gasteiger partial charge >= 0.3 is 0 Å². The molecular formula is C19H21N3O2. The lowest BCUT2D eigenvalue weighted by Crippen LogP contribution is -2.48. The van der Waals surface area contributed by atoms with Crippen molar-refractivity contribution in [3.05, 3.63) is 76.2 Å². The van der Waals surface area contributed by atoms with Crippen LogP contribution in [0.25, 0.3) is 6.08 Å². The Bertz CT molecular complexity index is 759. The summed E-state index contributed by atoms with van der Waals surface area (Å²) < 4.78 is 0. The molecule has 124 valence electrons. The molecule has 1 amide bonds. The number of nitrogens with zero attached hydrogens (tertiary/aromatic N) is 2. The van der Waals surface area contributed by atoms with E-state index >= 15 is 0 Å². The van der Waals surface area contributed by atoms with Crippen LogP contribution in [0.4, 0.5) is 0 Å². The summed E-state index contributed by atoms with van der Waals surface area (Å²) in [6.45, 7) is 3.93. The van der Waals surface area contributed by atoms with E-state index in [1.807, 2.05) is 23.1 Å². The predicted molar refractivity (Wildman–Crippen MR) is 94.9 cm³/mol. The summed E-state index contributed by atoms with van der Waals surface area (Å²) in [5.74, 6) is -0.0689. The maximum Gasteiger partial charge on any atom is 0.254 e. The standard InChI is InChI=1S/C19H21N3O2/c23-18-15-17(8-9-20-18)19(24)22-13-11-21(12-14-22)10-4-7-16-5-2-1-3-6-16/h1-9,15H,10-14H2,(H,20,23)/b7-4+. The van der Waals surface area contributed by atoms with Crippen molar-refractivity contribution in [3.8, 4) is 0 Å². The quantitative estimate of drug-likeness (QED) is 0.934. The van der Waals surface area contributed by atoms with E-state index in [4.69, 9.17) is 0 Å². The van der Waals surface area contributed by atoms with Crippen LogP contribution in [0.3, 0.4) is 0 Å². The summed E-state index contributed by atoms with van der Waals surface area (Å²) >= 11 is 0. The summed E-state index contributed by atoms with van der Waals surface area (Å²) in [6, 6.07) is 13.2. The zero-order valence-electron chi connectivity index (χ0n) is 13.5. The van der Waals surface area contributed by atoms with Crippen molar-refractivity contribution < 1.29 is 4.79 Å². The van der Waals surface area contributed by atoms with Gasteiger partial charge < -0.3 is 9.88 Å². The molecule has 1 fully saturated rings. The molecule has 5 nitrogen and oxygen atoms in total. The zero-order chi connectivity index (χ0) is 16.8. The third-order valence-corrected chi connectivity index (χ3v) is 4.16. The molecule has 0 bridgehead atoms. The number of aromatic amines is 1. The molecule has 0 unspecified atom stereocenters. The lowest BCUT2D eigenvalue weighted by Gasteiger charge is -2.34. The number of hydrogen-bond acceptors (Lipinski definition) is 3. The van der Waals surface area contributed by atoms with Crippen LogP contribution in [0.1, 0.15) is 15.9 Å². The number of hydrogen-bond donors (Lipinski definition) is 1. The van der Waals surface area contributed by atoms with Gasteiger partial charge in [0.05, 0.1) is 0 Å². The maximum atomic E-state index is 12.4. The van der Waals surface area contributed by atoms with Crippen LogP contribution in [0, 0.1) is 0 Å². The van der Waals surface area contributed by atoms with Crippen molar-refractivity contribution in [1.82, 2.24) is 14.8 Å². The Morgan fingerprint density at radius 1 is 1.08 bits per heavy atom. The molecule has 1 aromatic carbocycles. The normalized spacial score (nSPS) is 15.8. The van der Waals surface area contributed by atoms with Gasteiger partial charge in [0.2, 0.25) is 5.56 Å². The topological polar surface area (TPSA) is 56.4 Å². The molecule has 0 radical (unpaired) electrons. The van der Waals surface area contributed by atoms with Gasteiger partial charge in [0, 0.05) is 50.6 Å². The van der Waals surface area contributed by atoms with Crippen LogP contribution in [0.2, 0.25) is 0 Å².